The van der Waals surface area contributed by atoms with Gasteiger partial charge >= 0.3 is 18.0 Å². The Morgan fingerprint density at radius 1 is 0.917 bits per heavy atom. The van der Waals surface area contributed by atoms with Gasteiger partial charge in [-0.25, -0.2) is 4.39 Å². The molecule has 0 radical (unpaired) electrons. The van der Waals surface area contributed by atoms with Crippen LogP contribution in [0.2, 0.25) is 0 Å². The highest BCUT2D eigenvalue weighted by Gasteiger charge is 2.30. The van der Waals surface area contributed by atoms with Crippen molar-refractivity contribution in [1.29, 1.82) is 0 Å². The van der Waals surface area contributed by atoms with Crippen molar-refractivity contribution in [3.05, 3.63) is 65.5 Å². The first-order valence-corrected chi connectivity index (χ1v) is 6.77. The van der Waals surface area contributed by atoms with Crippen LogP contribution in [-0.2, 0) is 22.3 Å². The molecule has 0 bridgehead atoms. The maximum absolute atomic E-state index is 13.4. The van der Waals surface area contributed by atoms with Gasteiger partial charge in [0.05, 0.1) is 5.56 Å². The lowest BCUT2D eigenvalue weighted by Gasteiger charge is -2.09. The Morgan fingerprint density at radius 2 is 1.54 bits per heavy atom. The van der Waals surface area contributed by atoms with Crippen LogP contribution in [0.15, 0.2) is 48.5 Å². The maximum Gasteiger partial charge on any atom is 0.416 e. The summed E-state index contributed by atoms with van der Waals surface area (Å²) in [6.07, 6.45) is -4.49. The Balaban J connectivity index is 1.92. The SMILES string of the molecule is O=C(NCc1ccccc1F)C(=O)Nc1ccc(C(F)(F)F)cc1. The number of alkyl halides is 3. The summed E-state index contributed by atoms with van der Waals surface area (Å²) in [7, 11) is 0. The summed E-state index contributed by atoms with van der Waals surface area (Å²) in [4.78, 5) is 23.3. The van der Waals surface area contributed by atoms with Gasteiger partial charge in [-0.1, -0.05) is 18.2 Å². The number of hydrogen-bond acceptors (Lipinski definition) is 2. The first-order chi connectivity index (χ1) is 11.3. The number of amides is 2. The summed E-state index contributed by atoms with van der Waals surface area (Å²) in [5, 5.41) is 4.38. The first-order valence-electron chi connectivity index (χ1n) is 6.77. The summed E-state index contributed by atoms with van der Waals surface area (Å²) in [5.74, 6) is -2.62. The Kier molecular flexibility index (Phi) is 5.18. The molecule has 0 unspecified atom stereocenters. The van der Waals surface area contributed by atoms with E-state index in [9.17, 15) is 27.2 Å². The largest absolute Gasteiger partial charge is 0.416 e. The standard InChI is InChI=1S/C16H12F4N2O2/c17-13-4-2-1-3-10(13)9-21-14(23)15(24)22-12-7-5-11(6-8-12)16(18,19)20/h1-8H,9H2,(H,21,23)(H,22,24). The second-order valence-electron chi connectivity index (χ2n) is 4.80. The fourth-order valence-electron chi connectivity index (χ4n) is 1.83. The average Bonchev–Trinajstić information content (AvgIpc) is 2.53. The molecule has 0 aliphatic carbocycles. The van der Waals surface area contributed by atoms with E-state index in [1.807, 2.05) is 0 Å². The molecular weight excluding hydrogens is 328 g/mol. The molecule has 2 amide bonds. The Labute approximate surface area is 134 Å². The van der Waals surface area contributed by atoms with Crippen molar-refractivity contribution in [2.45, 2.75) is 12.7 Å². The smallest absolute Gasteiger partial charge is 0.344 e. The number of anilines is 1. The number of benzene rings is 2. The Bertz CT molecular complexity index is 742. The van der Waals surface area contributed by atoms with E-state index in [0.29, 0.717) is 0 Å². The van der Waals surface area contributed by atoms with Crippen molar-refractivity contribution in [3.8, 4) is 0 Å². The number of carbonyl (C=O) groups excluding carboxylic acids is 2. The van der Waals surface area contributed by atoms with Gasteiger partial charge in [0.25, 0.3) is 0 Å². The molecule has 2 rings (SSSR count). The molecule has 0 aromatic heterocycles. The van der Waals surface area contributed by atoms with Crippen LogP contribution in [0.3, 0.4) is 0 Å². The van der Waals surface area contributed by atoms with Crippen molar-refractivity contribution in [2.75, 3.05) is 5.32 Å². The molecule has 2 aromatic rings. The molecule has 0 spiro atoms. The highest BCUT2D eigenvalue weighted by Crippen LogP contribution is 2.29. The van der Waals surface area contributed by atoms with Crippen molar-refractivity contribution < 1.29 is 27.2 Å². The van der Waals surface area contributed by atoms with Crippen LogP contribution < -0.4 is 10.6 Å². The van der Waals surface area contributed by atoms with Crippen molar-refractivity contribution in [3.63, 3.8) is 0 Å². The molecule has 0 aliphatic rings. The number of rotatable bonds is 3. The van der Waals surface area contributed by atoms with Gasteiger partial charge in [0.1, 0.15) is 5.82 Å². The minimum Gasteiger partial charge on any atom is -0.344 e. The second kappa shape index (κ2) is 7.12. The van der Waals surface area contributed by atoms with Crippen LogP contribution >= 0.6 is 0 Å². The summed E-state index contributed by atoms with van der Waals surface area (Å²) < 4.78 is 50.6. The third-order valence-electron chi connectivity index (χ3n) is 3.07. The Morgan fingerprint density at radius 3 is 2.12 bits per heavy atom. The highest BCUT2D eigenvalue weighted by molar-refractivity contribution is 6.39. The van der Waals surface area contributed by atoms with Crippen LogP contribution in [0.4, 0.5) is 23.2 Å². The van der Waals surface area contributed by atoms with Gasteiger partial charge in [-0.05, 0) is 30.3 Å². The molecule has 0 heterocycles. The predicted octanol–water partition coefficient (Wildman–Crippen LogP) is 3.10. The number of hydrogen-bond donors (Lipinski definition) is 2. The summed E-state index contributed by atoms with van der Waals surface area (Å²) in [6.45, 7) is -0.189. The minimum absolute atomic E-state index is 0.0361. The molecule has 0 atom stereocenters. The average molecular weight is 340 g/mol. The van der Waals surface area contributed by atoms with Crippen LogP contribution in [0.25, 0.3) is 0 Å². The third-order valence-corrected chi connectivity index (χ3v) is 3.07. The molecule has 2 N–H and O–H groups in total. The predicted molar refractivity (Wildman–Crippen MR) is 78.3 cm³/mol. The minimum atomic E-state index is -4.49. The topological polar surface area (TPSA) is 58.2 Å². The van der Waals surface area contributed by atoms with Crippen LogP contribution in [0.1, 0.15) is 11.1 Å². The van der Waals surface area contributed by atoms with E-state index in [1.165, 1.54) is 18.2 Å². The lowest BCUT2D eigenvalue weighted by molar-refractivity contribution is -0.137. The van der Waals surface area contributed by atoms with E-state index in [2.05, 4.69) is 10.6 Å². The van der Waals surface area contributed by atoms with Crippen LogP contribution in [-0.4, -0.2) is 11.8 Å². The first kappa shape index (κ1) is 17.5. The summed E-state index contributed by atoms with van der Waals surface area (Å²) in [5.41, 5.74) is -0.633. The van der Waals surface area contributed by atoms with Crippen LogP contribution in [0, 0.1) is 5.82 Å². The molecule has 126 valence electrons. The molecule has 2 aromatic carbocycles. The van der Waals surface area contributed by atoms with Gasteiger partial charge in [0.15, 0.2) is 0 Å². The molecular formula is C16H12F4N2O2. The molecule has 8 heteroatoms. The number of carbonyl (C=O) groups is 2. The molecule has 24 heavy (non-hydrogen) atoms. The van der Waals surface area contributed by atoms with E-state index in [4.69, 9.17) is 0 Å². The van der Waals surface area contributed by atoms with Crippen LogP contribution in [0.5, 0.6) is 0 Å². The Hall–Kier alpha value is -2.90. The number of halogens is 4. The van der Waals surface area contributed by atoms with E-state index in [-0.39, 0.29) is 17.8 Å². The molecule has 4 nitrogen and oxygen atoms in total. The highest BCUT2D eigenvalue weighted by atomic mass is 19.4. The fraction of sp³-hybridized carbons (Fsp3) is 0.125. The summed E-state index contributed by atoms with van der Waals surface area (Å²) >= 11 is 0. The van der Waals surface area contributed by atoms with E-state index >= 15 is 0 Å². The van der Waals surface area contributed by atoms with Gasteiger partial charge in [0, 0.05) is 17.8 Å². The molecule has 0 saturated carbocycles. The van der Waals surface area contributed by atoms with Crippen molar-refractivity contribution >= 4 is 17.5 Å². The number of nitrogens with one attached hydrogen (secondary N) is 2. The zero-order valence-electron chi connectivity index (χ0n) is 12.2. The summed E-state index contributed by atoms with van der Waals surface area (Å²) in [6, 6.07) is 9.35. The van der Waals surface area contributed by atoms with E-state index in [1.54, 1.807) is 6.07 Å². The zero-order valence-corrected chi connectivity index (χ0v) is 12.2. The lowest BCUT2D eigenvalue weighted by Crippen LogP contribution is -2.35. The van der Waals surface area contributed by atoms with E-state index in [0.717, 1.165) is 24.3 Å². The zero-order chi connectivity index (χ0) is 17.7. The molecule has 0 fully saturated rings. The van der Waals surface area contributed by atoms with Gasteiger partial charge in [-0.15, -0.1) is 0 Å². The fourth-order valence-corrected chi connectivity index (χ4v) is 1.83. The van der Waals surface area contributed by atoms with Crippen molar-refractivity contribution in [1.82, 2.24) is 5.32 Å². The van der Waals surface area contributed by atoms with Gasteiger partial charge in [0.2, 0.25) is 0 Å². The van der Waals surface area contributed by atoms with Gasteiger partial charge in [-0.2, -0.15) is 13.2 Å². The maximum atomic E-state index is 13.4. The van der Waals surface area contributed by atoms with Gasteiger partial charge < -0.3 is 10.6 Å². The second-order valence-corrected chi connectivity index (χ2v) is 4.80. The lowest BCUT2D eigenvalue weighted by atomic mass is 10.2. The quantitative estimate of drug-likeness (QED) is 0.666. The third kappa shape index (κ3) is 4.55. The van der Waals surface area contributed by atoms with Crippen molar-refractivity contribution in [2.24, 2.45) is 0 Å². The molecule has 0 aliphatic heterocycles. The molecule has 0 saturated heterocycles. The monoisotopic (exact) mass is 340 g/mol. The normalized spacial score (nSPS) is 11.0. The van der Waals surface area contributed by atoms with E-state index < -0.39 is 29.4 Å². The van der Waals surface area contributed by atoms with Gasteiger partial charge in [-0.3, -0.25) is 9.59 Å².